The van der Waals surface area contributed by atoms with Crippen molar-refractivity contribution < 1.29 is 0 Å². The molecule has 2 aliphatic rings. The number of hydrogen-bond donors (Lipinski definition) is 0. The van der Waals surface area contributed by atoms with Crippen molar-refractivity contribution >= 4 is 0 Å². The third kappa shape index (κ3) is 8.66. The zero-order valence-corrected chi connectivity index (χ0v) is 22.4. The lowest BCUT2D eigenvalue weighted by Crippen LogP contribution is -1.87. The van der Waals surface area contributed by atoms with Crippen LogP contribution in [0.1, 0.15) is 127 Å². The molecule has 0 aromatic heterocycles. The summed E-state index contributed by atoms with van der Waals surface area (Å²) in [6.07, 6.45) is 5.28. The van der Waals surface area contributed by atoms with Gasteiger partial charge in [-0.15, -0.1) is 0 Å². The molecule has 0 saturated heterocycles. The van der Waals surface area contributed by atoms with Crippen molar-refractivity contribution in [1.29, 1.82) is 0 Å². The van der Waals surface area contributed by atoms with Gasteiger partial charge in [-0.1, -0.05) is 106 Å². The minimum absolute atomic E-state index is 0.796. The van der Waals surface area contributed by atoms with Gasteiger partial charge in [-0.2, -0.15) is 0 Å². The van der Waals surface area contributed by atoms with Gasteiger partial charge in [0.15, 0.2) is 0 Å². The molecule has 0 bridgehead atoms. The molecule has 172 valence electrons. The number of hydrogen-bond acceptors (Lipinski definition) is 0. The topological polar surface area (TPSA) is 0 Å². The van der Waals surface area contributed by atoms with Crippen molar-refractivity contribution in [2.45, 2.75) is 121 Å². The van der Waals surface area contributed by atoms with E-state index in [0.717, 1.165) is 11.8 Å². The van der Waals surface area contributed by atoms with Crippen molar-refractivity contribution in [3.8, 4) is 0 Å². The average Bonchev–Trinajstić information content (AvgIpc) is 3.39. The summed E-state index contributed by atoms with van der Waals surface area (Å²) in [6.45, 7) is 25.1. The summed E-state index contributed by atoms with van der Waals surface area (Å²) in [5, 5.41) is 0. The van der Waals surface area contributed by atoms with E-state index in [2.05, 4.69) is 64.1 Å². The van der Waals surface area contributed by atoms with Crippen molar-refractivity contribution in [3.05, 3.63) is 69.8 Å². The fourth-order valence-corrected chi connectivity index (χ4v) is 4.09. The first-order valence-corrected chi connectivity index (χ1v) is 12.7. The van der Waals surface area contributed by atoms with Crippen molar-refractivity contribution in [3.63, 3.8) is 0 Å². The van der Waals surface area contributed by atoms with Gasteiger partial charge in [0.25, 0.3) is 0 Å². The Morgan fingerprint density at radius 3 is 1.10 bits per heavy atom. The Labute approximate surface area is 190 Å². The average molecular weight is 413 g/mol. The zero-order chi connectivity index (χ0) is 23.7. The molecule has 4 rings (SSSR count). The van der Waals surface area contributed by atoms with E-state index in [0.29, 0.717) is 0 Å². The third-order valence-corrected chi connectivity index (χ3v) is 5.61. The SMILES string of the molecule is CC.CC.CC.CC.Cc1cccc2c1CC[C@@H]2C.Cc1cccc2c1CC[C@H]2C. The van der Waals surface area contributed by atoms with E-state index in [1.165, 1.54) is 36.8 Å². The highest BCUT2D eigenvalue weighted by atomic mass is 14.2. The lowest BCUT2D eigenvalue weighted by molar-refractivity contribution is 0.747. The Morgan fingerprint density at radius 1 is 0.533 bits per heavy atom. The highest BCUT2D eigenvalue weighted by Gasteiger charge is 2.19. The predicted molar refractivity (Wildman–Crippen MR) is 141 cm³/mol. The molecule has 0 heteroatoms. The van der Waals surface area contributed by atoms with Gasteiger partial charge >= 0.3 is 0 Å². The molecule has 30 heavy (non-hydrogen) atoms. The second kappa shape index (κ2) is 18.2. The van der Waals surface area contributed by atoms with Crippen LogP contribution in [-0.4, -0.2) is 0 Å². The minimum Gasteiger partial charge on any atom is -0.0683 e. The number of aryl methyl sites for hydroxylation is 2. The van der Waals surface area contributed by atoms with Crippen LogP contribution < -0.4 is 0 Å². The number of fused-ring (bicyclic) bond motifs is 2. The zero-order valence-electron chi connectivity index (χ0n) is 22.4. The van der Waals surface area contributed by atoms with Crippen LogP contribution in [0.3, 0.4) is 0 Å². The summed E-state index contributed by atoms with van der Waals surface area (Å²) < 4.78 is 0. The molecule has 0 aliphatic heterocycles. The summed E-state index contributed by atoms with van der Waals surface area (Å²) in [6, 6.07) is 13.3. The molecule has 0 spiro atoms. The van der Waals surface area contributed by atoms with Gasteiger partial charge in [-0.3, -0.25) is 0 Å². The molecule has 0 unspecified atom stereocenters. The van der Waals surface area contributed by atoms with E-state index < -0.39 is 0 Å². The highest BCUT2D eigenvalue weighted by Crippen LogP contribution is 2.34. The monoisotopic (exact) mass is 412 g/mol. The third-order valence-electron chi connectivity index (χ3n) is 5.61. The molecule has 0 radical (unpaired) electrons. The van der Waals surface area contributed by atoms with Crippen LogP contribution in [0, 0.1) is 13.8 Å². The molecule has 0 heterocycles. The van der Waals surface area contributed by atoms with Crippen molar-refractivity contribution in [2.24, 2.45) is 0 Å². The van der Waals surface area contributed by atoms with Gasteiger partial charge in [0.2, 0.25) is 0 Å². The fourth-order valence-electron chi connectivity index (χ4n) is 4.09. The van der Waals surface area contributed by atoms with E-state index in [-0.39, 0.29) is 0 Å². The quantitative estimate of drug-likeness (QED) is 0.403. The van der Waals surface area contributed by atoms with Gasteiger partial charge in [0, 0.05) is 0 Å². The first-order valence-electron chi connectivity index (χ1n) is 12.7. The fraction of sp³-hybridized carbons (Fsp3) is 0.600. The van der Waals surface area contributed by atoms with Crippen LogP contribution in [0.15, 0.2) is 36.4 Å². The van der Waals surface area contributed by atoms with Gasteiger partial charge < -0.3 is 0 Å². The molecule has 0 N–H and O–H groups in total. The normalized spacial score (nSPS) is 16.8. The Kier molecular flexibility index (Phi) is 18.6. The number of benzene rings is 2. The maximum absolute atomic E-state index is 2.32. The summed E-state index contributed by atoms with van der Waals surface area (Å²) in [4.78, 5) is 0. The second-order valence-corrected chi connectivity index (χ2v) is 7.16. The Morgan fingerprint density at radius 2 is 0.833 bits per heavy atom. The first-order chi connectivity index (χ1) is 14.6. The van der Waals surface area contributed by atoms with E-state index in [9.17, 15) is 0 Å². The maximum atomic E-state index is 2.32. The maximum Gasteiger partial charge on any atom is -0.0184 e. The summed E-state index contributed by atoms with van der Waals surface area (Å²) in [7, 11) is 0. The van der Waals surface area contributed by atoms with E-state index >= 15 is 0 Å². The molecule has 0 nitrogen and oxygen atoms in total. The largest absolute Gasteiger partial charge is 0.0683 e. The molecular weight excluding hydrogens is 360 g/mol. The Balaban J connectivity index is 0. The van der Waals surface area contributed by atoms with Crippen molar-refractivity contribution in [2.75, 3.05) is 0 Å². The van der Waals surface area contributed by atoms with Gasteiger partial charge in [-0.25, -0.2) is 0 Å². The van der Waals surface area contributed by atoms with E-state index in [1.54, 1.807) is 22.3 Å². The van der Waals surface area contributed by atoms with Crippen LogP contribution in [0.5, 0.6) is 0 Å². The molecular formula is C30H52. The van der Waals surface area contributed by atoms with Crippen LogP contribution in [-0.2, 0) is 12.8 Å². The Bertz CT molecular complexity index is 606. The Hall–Kier alpha value is -1.56. The molecule has 0 fully saturated rings. The second-order valence-electron chi connectivity index (χ2n) is 7.16. The lowest BCUT2D eigenvalue weighted by atomic mass is 10.0. The molecule has 2 aromatic rings. The lowest BCUT2D eigenvalue weighted by Gasteiger charge is -2.04. The summed E-state index contributed by atoms with van der Waals surface area (Å²) >= 11 is 0. The highest BCUT2D eigenvalue weighted by molar-refractivity contribution is 5.40. The molecule has 0 amide bonds. The van der Waals surface area contributed by atoms with Crippen LogP contribution in [0.2, 0.25) is 0 Å². The van der Waals surface area contributed by atoms with Crippen molar-refractivity contribution in [1.82, 2.24) is 0 Å². The van der Waals surface area contributed by atoms with E-state index in [4.69, 9.17) is 0 Å². The van der Waals surface area contributed by atoms with Crippen LogP contribution in [0.25, 0.3) is 0 Å². The van der Waals surface area contributed by atoms with Gasteiger partial charge in [0.05, 0.1) is 0 Å². The first kappa shape index (κ1) is 30.6. The van der Waals surface area contributed by atoms with Crippen LogP contribution >= 0.6 is 0 Å². The van der Waals surface area contributed by atoms with E-state index in [1.807, 2.05) is 55.4 Å². The van der Waals surface area contributed by atoms with Crippen LogP contribution in [0.4, 0.5) is 0 Å². The molecule has 2 aromatic carbocycles. The molecule has 2 atom stereocenters. The van der Waals surface area contributed by atoms with Gasteiger partial charge in [-0.05, 0) is 84.7 Å². The predicted octanol–water partition coefficient (Wildman–Crippen LogP) is 10.2. The smallest absolute Gasteiger partial charge is 0.0184 e. The summed E-state index contributed by atoms with van der Waals surface area (Å²) in [5.74, 6) is 1.59. The minimum atomic E-state index is 0.796. The summed E-state index contributed by atoms with van der Waals surface area (Å²) in [5.41, 5.74) is 9.36. The molecule has 0 saturated carbocycles. The number of rotatable bonds is 0. The standard InChI is InChI=1S/2C11H14.4C2H6/c2*1-8-4-3-5-10-9(2)6-7-11(8)10;4*1-2/h2*3-5,9H,6-7H2,1-2H3;4*1-2H3/t2*9-;;;;/m10..../s1. The van der Waals surface area contributed by atoms with Gasteiger partial charge in [0.1, 0.15) is 0 Å². The molecule has 2 aliphatic carbocycles.